The normalized spacial score (nSPS) is 10.2. The Morgan fingerprint density at radius 2 is 1.95 bits per heavy atom. The molecular formula is C14H13BrN2O2. The Hall–Kier alpha value is -2.01. The number of carbonyl (C=O) groups excluding carboxylic acids is 1. The third-order valence-electron chi connectivity index (χ3n) is 2.64. The van der Waals surface area contributed by atoms with Crippen LogP contribution in [0, 0.1) is 0 Å². The second-order valence-electron chi connectivity index (χ2n) is 4.00. The van der Waals surface area contributed by atoms with Gasteiger partial charge in [0.2, 0.25) is 5.91 Å². The van der Waals surface area contributed by atoms with Crippen LogP contribution >= 0.6 is 15.9 Å². The van der Waals surface area contributed by atoms with E-state index in [0.717, 1.165) is 10.0 Å². The molecule has 0 fully saturated rings. The molecule has 0 spiro atoms. The summed E-state index contributed by atoms with van der Waals surface area (Å²) in [5, 5.41) is 0. The molecule has 0 heterocycles. The standard InChI is InChI=1S/C14H13BrN2O2/c15-11-4-2-1-3-10(11)8-19-13-7-9(14(17)18)5-6-12(13)16/h1-7H,8,16H2,(H2,17,18). The summed E-state index contributed by atoms with van der Waals surface area (Å²) >= 11 is 3.44. The number of amides is 1. The Kier molecular flexibility index (Phi) is 4.06. The van der Waals surface area contributed by atoms with Gasteiger partial charge in [0, 0.05) is 15.6 Å². The van der Waals surface area contributed by atoms with E-state index in [2.05, 4.69) is 15.9 Å². The van der Waals surface area contributed by atoms with Crippen LogP contribution in [-0.4, -0.2) is 5.91 Å². The summed E-state index contributed by atoms with van der Waals surface area (Å²) < 4.78 is 6.59. The van der Waals surface area contributed by atoms with Crippen LogP contribution in [0.25, 0.3) is 0 Å². The predicted octanol–water partition coefficient (Wildman–Crippen LogP) is 2.71. The van der Waals surface area contributed by atoms with Gasteiger partial charge in [-0.15, -0.1) is 0 Å². The van der Waals surface area contributed by atoms with E-state index in [0.29, 0.717) is 23.6 Å². The monoisotopic (exact) mass is 320 g/mol. The van der Waals surface area contributed by atoms with Crippen molar-refractivity contribution in [2.45, 2.75) is 6.61 Å². The largest absolute Gasteiger partial charge is 0.487 e. The van der Waals surface area contributed by atoms with Gasteiger partial charge in [-0.1, -0.05) is 34.1 Å². The summed E-state index contributed by atoms with van der Waals surface area (Å²) in [5.41, 5.74) is 12.9. The summed E-state index contributed by atoms with van der Waals surface area (Å²) in [5.74, 6) is -0.0576. The maximum Gasteiger partial charge on any atom is 0.248 e. The number of halogens is 1. The van der Waals surface area contributed by atoms with Crippen molar-refractivity contribution in [2.75, 3.05) is 5.73 Å². The number of nitrogen functional groups attached to an aromatic ring is 1. The van der Waals surface area contributed by atoms with Gasteiger partial charge in [0.15, 0.2) is 0 Å². The SMILES string of the molecule is NC(=O)c1ccc(N)c(OCc2ccccc2Br)c1. The zero-order valence-electron chi connectivity index (χ0n) is 10.1. The summed E-state index contributed by atoms with van der Waals surface area (Å²) in [7, 11) is 0. The van der Waals surface area contributed by atoms with E-state index in [1.54, 1.807) is 18.2 Å². The highest BCUT2D eigenvalue weighted by Crippen LogP contribution is 2.25. The first kappa shape index (κ1) is 13.4. The topological polar surface area (TPSA) is 78.3 Å². The number of hydrogen-bond donors (Lipinski definition) is 2. The molecule has 0 saturated carbocycles. The minimum Gasteiger partial charge on any atom is -0.487 e. The summed E-state index contributed by atoms with van der Waals surface area (Å²) in [6.07, 6.45) is 0. The lowest BCUT2D eigenvalue weighted by molar-refractivity contribution is 0.1000. The second-order valence-corrected chi connectivity index (χ2v) is 4.85. The van der Waals surface area contributed by atoms with Crippen LogP contribution in [0.5, 0.6) is 5.75 Å². The van der Waals surface area contributed by atoms with Crippen LogP contribution < -0.4 is 16.2 Å². The Morgan fingerprint density at radius 1 is 1.21 bits per heavy atom. The molecule has 0 bridgehead atoms. The molecule has 4 N–H and O–H groups in total. The van der Waals surface area contributed by atoms with E-state index in [1.807, 2.05) is 24.3 Å². The maximum absolute atomic E-state index is 11.1. The highest BCUT2D eigenvalue weighted by molar-refractivity contribution is 9.10. The van der Waals surface area contributed by atoms with E-state index < -0.39 is 5.91 Å². The molecule has 0 aromatic heterocycles. The van der Waals surface area contributed by atoms with Gasteiger partial charge < -0.3 is 16.2 Å². The lowest BCUT2D eigenvalue weighted by atomic mass is 10.2. The molecule has 4 nitrogen and oxygen atoms in total. The van der Waals surface area contributed by atoms with E-state index in [9.17, 15) is 4.79 Å². The van der Waals surface area contributed by atoms with Gasteiger partial charge in [0.1, 0.15) is 12.4 Å². The molecule has 0 aliphatic heterocycles. The predicted molar refractivity (Wildman–Crippen MR) is 77.8 cm³/mol. The molecule has 5 heteroatoms. The van der Waals surface area contributed by atoms with E-state index in [4.69, 9.17) is 16.2 Å². The summed E-state index contributed by atoms with van der Waals surface area (Å²) in [6, 6.07) is 12.5. The molecule has 19 heavy (non-hydrogen) atoms. The van der Waals surface area contributed by atoms with Gasteiger partial charge in [0.25, 0.3) is 0 Å². The number of anilines is 1. The van der Waals surface area contributed by atoms with Crippen LogP contribution in [-0.2, 0) is 6.61 Å². The van der Waals surface area contributed by atoms with Gasteiger partial charge in [-0.25, -0.2) is 0 Å². The molecule has 0 atom stereocenters. The quantitative estimate of drug-likeness (QED) is 0.850. The maximum atomic E-state index is 11.1. The van der Waals surface area contributed by atoms with E-state index in [1.165, 1.54) is 0 Å². The highest BCUT2D eigenvalue weighted by atomic mass is 79.9. The average Bonchev–Trinajstić information content (AvgIpc) is 2.39. The Balaban J connectivity index is 2.17. The third kappa shape index (κ3) is 3.26. The van der Waals surface area contributed by atoms with Crippen molar-refractivity contribution in [1.82, 2.24) is 0 Å². The molecule has 0 aliphatic rings. The number of nitrogens with two attached hydrogens (primary N) is 2. The van der Waals surface area contributed by atoms with Crippen LogP contribution in [0.15, 0.2) is 46.9 Å². The van der Waals surface area contributed by atoms with Crippen LogP contribution in [0.4, 0.5) is 5.69 Å². The zero-order valence-corrected chi connectivity index (χ0v) is 11.7. The molecule has 2 aromatic rings. The minimum absolute atomic E-state index is 0.355. The second kappa shape index (κ2) is 5.75. The van der Waals surface area contributed by atoms with Gasteiger partial charge in [0.05, 0.1) is 5.69 Å². The number of benzene rings is 2. The molecule has 2 rings (SSSR count). The van der Waals surface area contributed by atoms with Crippen LogP contribution in [0.3, 0.4) is 0 Å². The van der Waals surface area contributed by atoms with E-state index >= 15 is 0 Å². The Morgan fingerprint density at radius 3 is 2.63 bits per heavy atom. The number of carbonyl (C=O) groups is 1. The molecule has 0 radical (unpaired) electrons. The molecule has 0 unspecified atom stereocenters. The number of ether oxygens (including phenoxy) is 1. The zero-order chi connectivity index (χ0) is 13.8. The number of hydrogen-bond acceptors (Lipinski definition) is 3. The van der Waals surface area contributed by atoms with Crippen molar-refractivity contribution in [2.24, 2.45) is 5.73 Å². The van der Waals surface area contributed by atoms with Gasteiger partial charge in [-0.05, 0) is 24.3 Å². The van der Waals surface area contributed by atoms with Crippen molar-refractivity contribution < 1.29 is 9.53 Å². The van der Waals surface area contributed by atoms with Gasteiger partial charge in [-0.2, -0.15) is 0 Å². The Bertz CT molecular complexity index is 614. The molecular weight excluding hydrogens is 308 g/mol. The number of rotatable bonds is 4. The smallest absolute Gasteiger partial charge is 0.248 e. The average molecular weight is 321 g/mol. The first-order valence-electron chi connectivity index (χ1n) is 5.63. The number of primary amides is 1. The molecule has 98 valence electrons. The lowest BCUT2D eigenvalue weighted by Crippen LogP contribution is -2.11. The van der Waals surface area contributed by atoms with Crippen molar-refractivity contribution in [3.05, 3.63) is 58.1 Å². The van der Waals surface area contributed by atoms with Crippen molar-refractivity contribution in [3.8, 4) is 5.75 Å². The third-order valence-corrected chi connectivity index (χ3v) is 3.41. The van der Waals surface area contributed by atoms with E-state index in [-0.39, 0.29) is 0 Å². The fraction of sp³-hybridized carbons (Fsp3) is 0.0714. The molecule has 1 amide bonds. The Labute approximate surface area is 119 Å². The summed E-state index contributed by atoms with van der Waals surface area (Å²) in [4.78, 5) is 11.1. The summed E-state index contributed by atoms with van der Waals surface area (Å²) in [6.45, 7) is 0.355. The molecule has 2 aromatic carbocycles. The van der Waals surface area contributed by atoms with Gasteiger partial charge in [-0.3, -0.25) is 4.79 Å². The van der Waals surface area contributed by atoms with Crippen molar-refractivity contribution in [1.29, 1.82) is 0 Å². The van der Waals surface area contributed by atoms with Crippen molar-refractivity contribution >= 4 is 27.5 Å². The molecule has 0 aliphatic carbocycles. The minimum atomic E-state index is -0.509. The first-order valence-corrected chi connectivity index (χ1v) is 6.43. The lowest BCUT2D eigenvalue weighted by Gasteiger charge is -2.11. The van der Waals surface area contributed by atoms with Crippen LogP contribution in [0.2, 0.25) is 0 Å². The highest BCUT2D eigenvalue weighted by Gasteiger charge is 2.07. The van der Waals surface area contributed by atoms with Crippen molar-refractivity contribution in [3.63, 3.8) is 0 Å². The fourth-order valence-electron chi connectivity index (χ4n) is 1.58. The van der Waals surface area contributed by atoms with Crippen LogP contribution in [0.1, 0.15) is 15.9 Å². The van der Waals surface area contributed by atoms with Gasteiger partial charge >= 0.3 is 0 Å². The molecule has 0 saturated heterocycles. The first-order chi connectivity index (χ1) is 9.08. The fourth-order valence-corrected chi connectivity index (χ4v) is 1.98.